The molecule has 0 saturated carbocycles. The fraction of sp³-hybridized carbons (Fsp3) is 0.611. The van der Waals surface area contributed by atoms with Crippen molar-refractivity contribution in [3.8, 4) is 0 Å². The first-order valence-corrected chi connectivity index (χ1v) is 9.40. The zero-order chi connectivity index (χ0) is 18.2. The van der Waals surface area contributed by atoms with Crippen molar-refractivity contribution < 1.29 is 4.42 Å². The topological polar surface area (TPSA) is 83.5 Å². The van der Waals surface area contributed by atoms with Crippen LogP contribution in [0.5, 0.6) is 0 Å². The number of nitrogens with zero attached hydrogens (tertiary/aromatic N) is 5. The van der Waals surface area contributed by atoms with Crippen LogP contribution in [0.25, 0.3) is 0 Å². The minimum Gasteiger partial charge on any atom is -0.468 e. The van der Waals surface area contributed by atoms with E-state index in [9.17, 15) is 0 Å². The molecule has 1 fully saturated rings. The van der Waals surface area contributed by atoms with Crippen LogP contribution in [0.15, 0.2) is 34.1 Å². The molecule has 2 aromatic rings. The largest absolute Gasteiger partial charge is 0.468 e. The molecule has 1 unspecified atom stereocenters. The number of guanidine groups is 1. The molecule has 0 bridgehead atoms. The standard InChI is InChI=1S/C18H29N7O.HI/c1-3-19-18(21-13-17-22-14-23-24(17)2)20-12-15(16-8-7-11-26-16)25-9-5-4-6-10-25;/h7-8,11,14-15H,3-6,9-10,12-13H2,1-2H3,(H2,19,20,21);1H. The van der Waals surface area contributed by atoms with Crippen LogP contribution in [0.1, 0.15) is 43.8 Å². The Hall–Kier alpha value is -1.62. The van der Waals surface area contributed by atoms with E-state index in [-0.39, 0.29) is 30.0 Å². The van der Waals surface area contributed by atoms with Gasteiger partial charge in [0.25, 0.3) is 0 Å². The smallest absolute Gasteiger partial charge is 0.191 e. The van der Waals surface area contributed by atoms with Gasteiger partial charge in [-0.3, -0.25) is 9.58 Å². The van der Waals surface area contributed by atoms with E-state index >= 15 is 0 Å². The molecular formula is C18H30IN7O. The Bertz CT molecular complexity index is 680. The van der Waals surface area contributed by atoms with E-state index in [2.05, 4.69) is 43.6 Å². The first kappa shape index (κ1) is 21.7. The third-order valence-electron chi connectivity index (χ3n) is 4.69. The Balaban J connectivity index is 0.00000261. The van der Waals surface area contributed by atoms with E-state index in [1.54, 1.807) is 17.3 Å². The van der Waals surface area contributed by atoms with Crippen LogP contribution in [0, 0.1) is 0 Å². The second-order valence-electron chi connectivity index (χ2n) is 6.50. The Kier molecular flexibility index (Phi) is 9.05. The average Bonchev–Trinajstić information content (AvgIpc) is 3.33. The van der Waals surface area contributed by atoms with Crippen LogP contribution >= 0.6 is 24.0 Å². The van der Waals surface area contributed by atoms with Gasteiger partial charge in [0.2, 0.25) is 0 Å². The summed E-state index contributed by atoms with van der Waals surface area (Å²) in [6, 6.07) is 4.23. The number of likely N-dealkylation sites (tertiary alicyclic amines) is 1. The summed E-state index contributed by atoms with van der Waals surface area (Å²) in [5.41, 5.74) is 0. The number of aryl methyl sites for hydroxylation is 1. The van der Waals surface area contributed by atoms with Crippen molar-refractivity contribution >= 4 is 29.9 Å². The van der Waals surface area contributed by atoms with Gasteiger partial charge in [0, 0.05) is 20.1 Å². The van der Waals surface area contributed by atoms with E-state index < -0.39 is 0 Å². The summed E-state index contributed by atoms with van der Waals surface area (Å²) >= 11 is 0. The van der Waals surface area contributed by atoms with Gasteiger partial charge in [-0.25, -0.2) is 9.98 Å². The first-order valence-electron chi connectivity index (χ1n) is 9.40. The van der Waals surface area contributed by atoms with Crippen molar-refractivity contribution in [3.63, 3.8) is 0 Å². The average molecular weight is 487 g/mol. The minimum atomic E-state index is 0. The summed E-state index contributed by atoms with van der Waals surface area (Å²) in [6.07, 6.45) is 7.11. The second-order valence-corrected chi connectivity index (χ2v) is 6.50. The predicted octanol–water partition coefficient (Wildman–Crippen LogP) is 2.31. The van der Waals surface area contributed by atoms with Gasteiger partial charge in [0.15, 0.2) is 5.96 Å². The summed E-state index contributed by atoms with van der Waals surface area (Å²) in [5, 5.41) is 10.9. The highest BCUT2D eigenvalue weighted by atomic mass is 127. The fourth-order valence-corrected chi connectivity index (χ4v) is 3.27. The summed E-state index contributed by atoms with van der Waals surface area (Å²) in [6.45, 7) is 6.33. The lowest BCUT2D eigenvalue weighted by molar-refractivity contribution is 0.146. The van der Waals surface area contributed by atoms with Crippen LogP contribution in [0.4, 0.5) is 0 Å². The van der Waals surface area contributed by atoms with E-state index in [0.717, 1.165) is 43.7 Å². The van der Waals surface area contributed by atoms with E-state index in [4.69, 9.17) is 4.42 Å². The molecule has 2 aromatic heterocycles. The minimum absolute atomic E-state index is 0. The molecule has 0 amide bonds. The summed E-state index contributed by atoms with van der Waals surface area (Å²) in [7, 11) is 1.88. The SMILES string of the molecule is CCNC(=NCc1ncnn1C)NCC(c1ccco1)N1CCCCC1.I. The second kappa shape index (κ2) is 11.3. The number of rotatable bonds is 7. The third-order valence-corrected chi connectivity index (χ3v) is 4.69. The Morgan fingerprint density at radius 3 is 2.74 bits per heavy atom. The molecule has 3 rings (SSSR count). The Morgan fingerprint density at radius 1 is 1.30 bits per heavy atom. The number of hydrogen-bond acceptors (Lipinski definition) is 5. The molecule has 3 heterocycles. The molecular weight excluding hydrogens is 457 g/mol. The zero-order valence-corrected chi connectivity index (χ0v) is 18.4. The summed E-state index contributed by atoms with van der Waals surface area (Å²) in [4.78, 5) is 11.4. The van der Waals surface area contributed by atoms with Crippen molar-refractivity contribution in [3.05, 3.63) is 36.3 Å². The Morgan fingerprint density at radius 2 is 2.11 bits per heavy atom. The lowest BCUT2D eigenvalue weighted by atomic mass is 10.1. The van der Waals surface area contributed by atoms with Gasteiger partial charge in [-0.15, -0.1) is 24.0 Å². The molecule has 1 aliphatic rings. The maximum absolute atomic E-state index is 5.71. The number of aromatic nitrogens is 3. The van der Waals surface area contributed by atoms with E-state index in [1.807, 2.05) is 13.1 Å². The zero-order valence-electron chi connectivity index (χ0n) is 16.1. The molecule has 0 spiro atoms. The highest BCUT2D eigenvalue weighted by Gasteiger charge is 2.24. The van der Waals surface area contributed by atoms with Gasteiger partial charge in [-0.05, 0) is 45.0 Å². The normalized spacial score (nSPS) is 16.6. The molecule has 1 atom stereocenters. The van der Waals surface area contributed by atoms with Crippen molar-refractivity contribution in [2.75, 3.05) is 26.2 Å². The van der Waals surface area contributed by atoms with Crippen molar-refractivity contribution in [1.29, 1.82) is 0 Å². The number of hydrogen-bond donors (Lipinski definition) is 2. The fourth-order valence-electron chi connectivity index (χ4n) is 3.27. The molecule has 0 radical (unpaired) electrons. The molecule has 9 heteroatoms. The molecule has 150 valence electrons. The van der Waals surface area contributed by atoms with Gasteiger partial charge in [-0.1, -0.05) is 6.42 Å². The van der Waals surface area contributed by atoms with Crippen LogP contribution in [0.3, 0.4) is 0 Å². The molecule has 27 heavy (non-hydrogen) atoms. The lowest BCUT2D eigenvalue weighted by Crippen LogP contribution is -2.44. The molecule has 0 aromatic carbocycles. The van der Waals surface area contributed by atoms with Gasteiger partial charge in [0.1, 0.15) is 24.5 Å². The maximum Gasteiger partial charge on any atom is 0.191 e. The van der Waals surface area contributed by atoms with Crippen LogP contribution in [0.2, 0.25) is 0 Å². The number of piperidine rings is 1. The highest BCUT2D eigenvalue weighted by Crippen LogP contribution is 2.24. The number of furan rings is 1. The van der Waals surface area contributed by atoms with Gasteiger partial charge >= 0.3 is 0 Å². The van der Waals surface area contributed by atoms with E-state index in [0.29, 0.717) is 6.54 Å². The molecule has 8 nitrogen and oxygen atoms in total. The third kappa shape index (κ3) is 6.20. The predicted molar refractivity (Wildman–Crippen MR) is 116 cm³/mol. The van der Waals surface area contributed by atoms with Crippen molar-refractivity contribution in [2.45, 2.75) is 38.8 Å². The monoisotopic (exact) mass is 487 g/mol. The lowest BCUT2D eigenvalue weighted by Gasteiger charge is -2.33. The quantitative estimate of drug-likeness (QED) is 0.355. The van der Waals surface area contributed by atoms with Crippen molar-refractivity contribution in [1.82, 2.24) is 30.3 Å². The number of halogens is 1. The highest BCUT2D eigenvalue weighted by molar-refractivity contribution is 14.0. The Labute approximate surface area is 177 Å². The molecule has 2 N–H and O–H groups in total. The van der Waals surface area contributed by atoms with Crippen LogP contribution < -0.4 is 10.6 Å². The first-order chi connectivity index (χ1) is 12.8. The molecule has 1 aliphatic heterocycles. The van der Waals surface area contributed by atoms with Gasteiger partial charge < -0.3 is 15.1 Å². The van der Waals surface area contributed by atoms with Gasteiger partial charge in [-0.2, -0.15) is 5.10 Å². The van der Waals surface area contributed by atoms with Crippen LogP contribution in [-0.4, -0.2) is 51.8 Å². The van der Waals surface area contributed by atoms with Gasteiger partial charge in [0.05, 0.1) is 12.3 Å². The van der Waals surface area contributed by atoms with E-state index in [1.165, 1.54) is 19.3 Å². The number of aliphatic imine (C=N–C) groups is 1. The summed E-state index contributed by atoms with van der Waals surface area (Å²) in [5.74, 6) is 2.62. The molecule has 0 aliphatic carbocycles. The summed E-state index contributed by atoms with van der Waals surface area (Å²) < 4.78 is 7.45. The van der Waals surface area contributed by atoms with Crippen LogP contribution in [-0.2, 0) is 13.6 Å². The van der Waals surface area contributed by atoms with Crippen molar-refractivity contribution in [2.24, 2.45) is 12.0 Å². The molecule has 1 saturated heterocycles. The number of nitrogens with one attached hydrogen (secondary N) is 2. The maximum atomic E-state index is 5.71.